The lowest BCUT2D eigenvalue weighted by Gasteiger charge is -2.24. The standard InChI is InChI=1S/C24H30N2O3/c1-5-15(4)16-9-11-17(12-10-16)22(14(2)3)26-24(29)19-13-18-20(25-23(19)28)7-6-8-21(18)27/h9-15,22H,5-8H2,1-4H3,(H,25,28)(H,26,29)/t15-,22-/m0/s1. The van der Waals surface area contributed by atoms with Crippen molar-refractivity contribution in [2.75, 3.05) is 0 Å². The quantitative estimate of drug-likeness (QED) is 0.755. The van der Waals surface area contributed by atoms with Crippen molar-refractivity contribution in [2.24, 2.45) is 5.92 Å². The van der Waals surface area contributed by atoms with Gasteiger partial charge in [-0.3, -0.25) is 14.4 Å². The number of amides is 1. The summed E-state index contributed by atoms with van der Waals surface area (Å²) in [6.07, 6.45) is 2.92. The largest absolute Gasteiger partial charge is 0.345 e. The smallest absolute Gasteiger partial charge is 0.261 e. The molecule has 0 spiro atoms. The average molecular weight is 395 g/mol. The number of carbonyl (C=O) groups excluding carboxylic acids is 2. The molecule has 29 heavy (non-hydrogen) atoms. The van der Waals surface area contributed by atoms with E-state index in [9.17, 15) is 14.4 Å². The number of aromatic nitrogens is 1. The molecule has 3 rings (SSSR count). The zero-order valence-electron chi connectivity index (χ0n) is 17.7. The number of benzene rings is 1. The Bertz CT molecular complexity index is 957. The van der Waals surface area contributed by atoms with Crippen molar-refractivity contribution in [1.82, 2.24) is 10.3 Å². The summed E-state index contributed by atoms with van der Waals surface area (Å²) in [5.41, 5.74) is 2.95. The summed E-state index contributed by atoms with van der Waals surface area (Å²) in [5.74, 6) is 0.171. The minimum absolute atomic E-state index is 0.000811. The SMILES string of the molecule is CC[C@H](C)c1ccc([C@@H](NC(=O)c2cc3c([nH]c2=O)CCCC3=O)C(C)C)cc1. The molecule has 1 aliphatic rings. The van der Waals surface area contributed by atoms with Gasteiger partial charge in [0.05, 0.1) is 6.04 Å². The number of rotatable bonds is 6. The minimum Gasteiger partial charge on any atom is -0.345 e. The highest BCUT2D eigenvalue weighted by atomic mass is 16.2. The van der Waals surface area contributed by atoms with E-state index in [1.807, 2.05) is 26.0 Å². The van der Waals surface area contributed by atoms with Crippen LogP contribution < -0.4 is 10.9 Å². The highest BCUT2D eigenvalue weighted by molar-refractivity contribution is 6.01. The molecule has 2 N–H and O–H groups in total. The number of aromatic amines is 1. The first-order chi connectivity index (χ1) is 13.8. The number of H-pyrrole nitrogens is 1. The van der Waals surface area contributed by atoms with Gasteiger partial charge in [-0.15, -0.1) is 0 Å². The Kier molecular flexibility index (Phi) is 6.36. The van der Waals surface area contributed by atoms with E-state index in [0.717, 1.165) is 18.4 Å². The third-order valence-corrected chi connectivity index (χ3v) is 5.93. The lowest BCUT2D eigenvalue weighted by atomic mass is 9.91. The molecule has 0 fully saturated rings. The normalized spacial score (nSPS) is 15.7. The van der Waals surface area contributed by atoms with Crippen molar-refractivity contribution in [3.05, 3.63) is 68.6 Å². The zero-order chi connectivity index (χ0) is 21.1. The number of aryl methyl sites for hydroxylation is 1. The average Bonchev–Trinajstić information content (AvgIpc) is 2.71. The first-order valence-corrected chi connectivity index (χ1v) is 10.5. The minimum atomic E-state index is -0.447. The van der Waals surface area contributed by atoms with Gasteiger partial charge in [-0.05, 0) is 48.3 Å². The number of fused-ring (bicyclic) bond motifs is 1. The Labute approximate surface area is 171 Å². The molecule has 0 saturated carbocycles. The van der Waals surface area contributed by atoms with Crippen molar-refractivity contribution >= 4 is 11.7 Å². The molecule has 1 heterocycles. The van der Waals surface area contributed by atoms with Crippen molar-refractivity contribution in [1.29, 1.82) is 0 Å². The van der Waals surface area contributed by atoms with Crippen LogP contribution in [-0.2, 0) is 6.42 Å². The maximum atomic E-state index is 12.9. The van der Waals surface area contributed by atoms with Crippen molar-refractivity contribution < 1.29 is 9.59 Å². The van der Waals surface area contributed by atoms with Crippen LogP contribution in [0.25, 0.3) is 0 Å². The summed E-state index contributed by atoms with van der Waals surface area (Å²) in [6.45, 7) is 8.43. The van der Waals surface area contributed by atoms with Crippen molar-refractivity contribution in [3.63, 3.8) is 0 Å². The number of nitrogens with one attached hydrogen (secondary N) is 2. The summed E-state index contributed by atoms with van der Waals surface area (Å²) < 4.78 is 0. The Morgan fingerprint density at radius 3 is 2.34 bits per heavy atom. The molecule has 5 heteroatoms. The van der Waals surface area contributed by atoms with E-state index in [4.69, 9.17) is 0 Å². The van der Waals surface area contributed by atoms with Gasteiger partial charge in [0.1, 0.15) is 5.56 Å². The van der Waals surface area contributed by atoms with Crippen LogP contribution >= 0.6 is 0 Å². The molecule has 5 nitrogen and oxygen atoms in total. The van der Waals surface area contributed by atoms with E-state index in [0.29, 0.717) is 30.0 Å². The number of carbonyl (C=O) groups is 2. The predicted molar refractivity (Wildman–Crippen MR) is 115 cm³/mol. The number of ketones is 1. The van der Waals surface area contributed by atoms with Gasteiger partial charge in [-0.1, -0.05) is 52.0 Å². The Morgan fingerprint density at radius 2 is 1.72 bits per heavy atom. The van der Waals surface area contributed by atoms with Crippen LogP contribution in [0.4, 0.5) is 0 Å². The van der Waals surface area contributed by atoms with Crippen LogP contribution in [0.3, 0.4) is 0 Å². The highest BCUT2D eigenvalue weighted by Crippen LogP contribution is 2.26. The van der Waals surface area contributed by atoms with E-state index < -0.39 is 11.5 Å². The van der Waals surface area contributed by atoms with E-state index in [1.165, 1.54) is 11.6 Å². The van der Waals surface area contributed by atoms with Gasteiger partial charge in [0.15, 0.2) is 5.78 Å². The molecule has 1 aliphatic carbocycles. The van der Waals surface area contributed by atoms with E-state index in [-0.39, 0.29) is 23.3 Å². The van der Waals surface area contributed by atoms with Gasteiger partial charge in [0, 0.05) is 17.7 Å². The molecule has 2 atom stereocenters. The summed E-state index contributed by atoms with van der Waals surface area (Å²) in [5, 5.41) is 3.00. The molecule has 0 unspecified atom stereocenters. The fourth-order valence-corrected chi connectivity index (χ4v) is 3.87. The molecule has 1 amide bonds. The van der Waals surface area contributed by atoms with Crippen molar-refractivity contribution in [2.45, 2.75) is 65.3 Å². The third kappa shape index (κ3) is 4.50. The molecule has 0 saturated heterocycles. The van der Waals surface area contributed by atoms with Crippen LogP contribution in [0.5, 0.6) is 0 Å². The molecule has 0 aliphatic heterocycles. The summed E-state index contributed by atoms with van der Waals surface area (Å²) in [6, 6.07) is 9.55. The van der Waals surface area contributed by atoms with Crippen LogP contribution in [0.1, 0.15) is 96.5 Å². The second-order valence-electron chi connectivity index (χ2n) is 8.35. The zero-order valence-corrected chi connectivity index (χ0v) is 17.7. The van der Waals surface area contributed by atoms with Gasteiger partial charge in [0.25, 0.3) is 11.5 Å². The van der Waals surface area contributed by atoms with Crippen LogP contribution in [0.15, 0.2) is 35.1 Å². The Morgan fingerprint density at radius 1 is 1.07 bits per heavy atom. The third-order valence-electron chi connectivity index (χ3n) is 5.93. The molecule has 0 radical (unpaired) electrons. The molecule has 0 bridgehead atoms. The summed E-state index contributed by atoms with van der Waals surface area (Å²) in [7, 11) is 0. The fourth-order valence-electron chi connectivity index (χ4n) is 3.87. The predicted octanol–water partition coefficient (Wildman–Crippen LogP) is 4.53. The number of hydrogen-bond donors (Lipinski definition) is 2. The first-order valence-electron chi connectivity index (χ1n) is 10.5. The molecule has 1 aromatic heterocycles. The van der Waals surface area contributed by atoms with Gasteiger partial charge < -0.3 is 10.3 Å². The van der Waals surface area contributed by atoms with Crippen molar-refractivity contribution in [3.8, 4) is 0 Å². The Balaban J connectivity index is 1.86. The second-order valence-corrected chi connectivity index (χ2v) is 8.35. The lowest BCUT2D eigenvalue weighted by Crippen LogP contribution is -2.36. The van der Waals surface area contributed by atoms with Crippen LogP contribution in [0.2, 0.25) is 0 Å². The van der Waals surface area contributed by atoms with Gasteiger partial charge >= 0.3 is 0 Å². The molecular formula is C24H30N2O3. The topological polar surface area (TPSA) is 79.0 Å². The van der Waals surface area contributed by atoms with Crippen LogP contribution in [-0.4, -0.2) is 16.7 Å². The van der Waals surface area contributed by atoms with Gasteiger partial charge in [-0.25, -0.2) is 0 Å². The molecule has 1 aromatic carbocycles. The first kappa shape index (κ1) is 21.0. The maximum Gasteiger partial charge on any atom is 0.261 e. The van der Waals surface area contributed by atoms with Gasteiger partial charge in [0.2, 0.25) is 0 Å². The van der Waals surface area contributed by atoms with Crippen LogP contribution in [0, 0.1) is 5.92 Å². The molecular weight excluding hydrogens is 364 g/mol. The van der Waals surface area contributed by atoms with E-state index in [1.54, 1.807) is 0 Å². The second kappa shape index (κ2) is 8.76. The molecule has 154 valence electrons. The number of Topliss-reactive ketones (excluding diaryl/α,β-unsaturated/α-hetero) is 1. The fraction of sp³-hybridized carbons (Fsp3) is 0.458. The molecule has 2 aromatic rings. The summed E-state index contributed by atoms with van der Waals surface area (Å²) >= 11 is 0. The number of hydrogen-bond acceptors (Lipinski definition) is 3. The number of pyridine rings is 1. The maximum absolute atomic E-state index is 12.9. The van der Waals surface area contributed by atoms with E-state index >= 15 is 0 Å². The van der Waals surface area contributed by atoms with E-state index in [2.05, 4.69) is 36.3 Å². The lowest BCUT2D eigenvalue weighted by molar-refractivity contribution is 0.0924. The highest BCUT2D eigenvalue weighted by Gasteiger charge is 2.25. The summed E-state index contributed by atoms with van der Waals surface area (Å²) in [4.78, 5) is 40.3. The monoisotopic (exact) mass is 394 g/mol. The van der Waals surface area contributed by atoms with Gasteiger partial charge in [-0.2, -0.15) is 0 Å². The Hall–Kier alpha value is -2.69.